The first-order chi connectivity index (χ1) is 7.83. The van der Waals surface area contributed by atoms with Crippen molar-refractivity contribution < 1.29 is 0 Å². The van der Waals surface area contributed by atoms with Crippen molar-refractivity contribution in [3.63, 3.8) is 0 Å². The Hall–Kier alpha value is -1.13. The second-order valence-electron chi connectivity index (χ2n) is 3.57. The van der Waals surface area contributed by atoms with E-state index in [1.165, 1.54) is 4.88 Å². The van der Waals surface area contributed by atoms with Gasteiger partial charge in [-0.15, -0.1) is 11.3 Å². The van der Waals surface area contributed by atoms with Crippen LogP contribution in [0.3, 0.4) is 0 Å². The van der Waals surface area contributed by atoms with Crippen molar-refractivity contribution >= 4 is 32.8 Å². The average molecular weight is 293 g/mol. The minimum atomic E-state index is 0.896. The van der Waals surface area contributed by atoms with Gasteiger partial charge in [0.2, 0.25) is 0 Å². The van der Waals surface area contributed by atoms with Crippen LogP contribution in [0.25, 0.3) is 5.52 Å². The van der Waals surface area contributed by atoms with Crippen LogP contribution in [-0.4, -0.2) is 9.38 Å². The lowest BCUT2D eigenvalue weighted by molar-refractivity contribution is 0.973. The van der Waals surface area contributed by atoms with Gasteiger partial charge in [-0.05, 0) is 23.6 Å². The first kappa shape index (κ1) is 10.1. The van der Waals surface area contributed by atoms with Crippen molar-refractivity contribution in [2.45, 2.75) is 6.42 Å². The maximum Gasteiger partial charge on any atom is 0.118 e. The summed E-state index contributed by atoms with van der Waals surface area (Å²) in [7, 11) is 0. The molecular formula is C12H9BrN2S. The minimum Gasteiger partial charge on any atom is -0.303 e. The fraction of sp³-hybridized carbons (Fsp3) is 0.0833. The second kappa shape index (κ2) is 4.03. The molecule has 4 heteroatoms. The van der Waals surface area contributed by atoms with E-state index in [9.17, 15) is 0 Å². The normalized spacial score (nSPS) is 11.1. The molecule has 3 rings (SSSR count). The molecular weight excluding hydrogens is 284 g/mol. The van der Waals surface area contributed by atoms with Gasteiger partial charge in [0, 0.05) is 22.0 Å². The van der Waals surface area contributed by atoms with Gasteiger partial charge in [-0.25, -0.2) is 4.98 Å². The summed E-state index contributed by atoms with van der Waals surface area (Å²) in [4.78, 5) is 5.80. The molecule has 16 heavy (non-hydrogen) atoms. The highest BCUT2D eigenvalue weighted by molar-refractivity contribution is 9.10. The molecule has 2 nitrogen and oxygen atoms in total. The molecule has 0 N–H and O–H groups in total. The van der Waals surface area contributed by atoms with Gasteiger partial charge in [-0.2, -0.15) is 0 Å². The largest absolute Gasteiger partial charge is 0.303 e. The summed E-state index contributed by atoms with van der Waals surface area (Å²) in [6, 6.07) is 8.33. The zero-order valence-electron chi connectivity index (χ0n) is 8.43. The molecule has 3 heterocycles. The van der Waals surface area contributed by atoms with E-state index in [4.69, 9.17) is 0 Å². The number of imidazole rings is 1. The third-order valence-corrected chi connectivity index (χ3v) is 3.85. The number of hydrogen-bond donors (Lipinski definition) is 0. The van der Waals surface area contributed by atoms with E-state index < -0.39 is 0 Å². The molecule has 0 saturated carbocycles. The van der Waals surface area contributed by atoms with E-state index in [1.54, 1.807) is 11.3 Å². The summed E-state index contributed by atoms with van der Waals surface area (Å²) in [5.74, 6) is 1.09. The zero-order valence-corrected chi connectivity index (χ0v) is 10.8. The van der Waals surface area contributed by atoms with Gasteiger partial charge in [0.1, 0.15) is 5.82 Å². The van der Waals surface area contributed by atoms with E-state index in [0.29, 0.717) is 0 Å². The van der Waals surface area contributed by atoms with Crippen LogP contribution in [0.4, 0.5) is 0 Å². The van der Waals surface area contributed by atoms with Crippen molar-refractivity contribution in [3.8, 4) is 0 Å². The molecule has 0 fully saturated rings. The van der Waals surface area contributed by atoms with E-state index in [0.717, 1.165) is 22.2 Å². The summed E-state index contributed by atoms with van der Waals surface area (Å²) in [6.45, 7) is 0. The molecule has 0 aliphatic rings. The molecule has 0 spiro atoms. The molecule has 0 atom stereocenters. The number of pyridine rings is 1. The lowest BCUT2D eigenvalue weighted by Gasteiger charge is -1.99. The Morgan fingerprint density at radius 2 is 2.31 bits per heavy atom. The van der Waals surface area contributed by atoms with Crippen molar-refractivity contribution in [2.24, 2.45) is 0 Å². The molecule has 0 aromatic carbocycles. The van der Waals surface area contributed by atoms with Gasteiger partial charge in [0.15, 0.2) is 0 Å². The van der Waals surface area contributed by atoms with Crippen LogP contribution in [0.15, 0.2) is 46.5 Å². The molecule has 3 aromatic rings. The van der Waals surface area contributed by atoms with Crippen molar-refractivity contribution in [1.29, 1.82) is 0 Å². The number of halogens is 1. The summed E-state index contributed by atoms with van der Waals surface area (Å²) >= 11 is 5.23. The number of fused-ring (bicyclic) bond motifs is 1. The highest BCUT2D eigenvalue weighted by Crippen LogP contribution is 2.18. The van der Waals surface area contributed by atoms with Gasteiger partial charge in [-0.3, -0.25) is 0 Å². The third-order valence-electron chi connectivity index (χ3n) is 2.48. The van der Waals surface area contributed by atoms with Gasteiger partial charge in [-0.1, -0.05) is 22.0 Å². The van der Waals surface area contributed by atoms with Crippen molar-refractivity contribution in [3.05, 3.63) is 57.2 Å². The molecule has 0 amide bonds. The van der Waals surface area contributed by atoms with Crippen LogP contribution >= 0.6 is 27.3 Å². The predicted molar refractivity (Wildman–Crippen MR) is 70.0 cm³/mol. The zero-order chi connectivity index (χ0) is 11.0. The number of aromatic nitrogens is 2. The lowest BCUT2D eigenvalue weighted by Crippen LogP contribution is -1.94. The molecule has 80 valence electrons. The standard InChI is InChI=1S/C12H9BrN2S/c13-9-3-4-15-10(6-9)8-14-12(15)7-11-2-1-5-16-11/h1-6,8H,7H2. The second-order valence-corrected chi connectivity index (χ2v) is 5.52. The molecule has 0 aliphatic carbocycles. The minimum absolute atomic E-state index is 0.896. The fourth-order valence-electron chi connectivity index (χ4n) is 1.73. The summed E-state index contributed by atoms with van der Waals surface area (Å²) in [5.41, 5.74) is 1.13. The monoisotopic (exact) mass is 292 g/mol. The smallest absolute Gasteiger partial charge is 0.118 e. The van der Waals surface area contributed by atoms with Gasteiger partial charge < -0.3 is 4.40 Å². The van der Waals surface area contributed by atoms with Gasteiger partial charge >= 0.3 is 0 Å². The van der Waals surface area contributed by atoms with Crippen molar-refractivity contribution in [2.75, 3.05) is 0 Å². The molecule has 0 aliphatic heterocycles. The summed E-state index contributed by atoms with van der Waals surface area (Å²) in [6.07, 6.45) is 4.86. The fourth-order valence-corrected chi connectivity index (χ4v) is 2.78. The Bertz CT molecular complexity index is 613. The van der Waals surface area contributed by atoms with Gasteiger partial charge in [0.05, 0.1) is 11.7 Å². The first-order valence-electron chi connectivity index (χ1n) is 4.97. The van der Waals surface area contributed by atoms with Crippen LogP contribution in [0.1, 0.15) is 10.7 Å². The van der Waals surface area contributed by atoms with Crippen molar-refractivity contribution in [1.82, 2.24) is 9.38 Å². The Morgan fingerprint density at radius 3 is 3.12 bits per heavy atom. The maximum atomic E-state index is 4.46. The van der Waals surface area contributed by atoms with Crippen LogP contribution in [-0.2, 0) is 6.42 Å². The predicted octanol–water partition coefficient (Wildman–Crippen LogP) is 3.75. The van der Waals surface area contributed by atoms with Crippen LogP contribution in [0.5, 0.6) is 0 Å². The Morgan fingerprint density at radius 1 is 1.38 bits per heavy atom. The molecule has 0 radical (unpaired) electrons. The van der Waals surface area contributed by atoms with Gasteiger partial charge in [0.25, 0.3) is 0 Å². The van der Waals surface area contributed by atoms with E-state index >= 15 is 0 Å². The maximum absolute atomic E-state index is 4.46. The van der Waals surface area contributed by atoms with E-state index in [-0.39, 0.29) is 0 Å². The average Bonchev–Trinajstić information content (AvgIpc) is 2.89. The van der Waals surface area contributed by atoms with Crippen LogP contribution in [0.2, 0.25) is 0 Å². The van der Waals surface area contributed by atoms with E-state index in [1.807, 2.05) is 12.3 Å². The number of nitrogens with zero attached hydrogens (tertiary/aromatic N) is 2. The Balaban J connectivity index is 2.04. The number of rotatable bonds is 2. The molecule has 0 unspecified atom stereocenters. The number of hydrogen-bond acceptors (Lipinski definition) is 2. The topological polar surface area (TPSA) is 17.3 Å². The SMILES string of the molecule is Brc1ccn2c(Cc3cccs3)ncc2c1. The first-order valence-corrected chi connectivity index (χ1v) is 6.64. The summed E-state index contributed by atoms with van der Waals surface area (Å²) in [5, 5.41) is 2.10. The highest BCUT2D eigenvalue weighted by atomic mass is 79.9. The molecule has 0 bridgehead atoms. The Labute approximate surface area is 106 Å². The third kappa shape index (κ3) is 1.79. The highest BCUT2D eigenvalue weighted by Gasteiger charge is 2.05. The number of thiophene rings is 1. The van der Waals surface area contributed by atoms with Crippen LogP contribution in [0, 0.1) is 0 Å². The summed E-state index contributed by atoms with van der Waals surface area (Å²) < 4.78 is 3.22. The molecule has 0 saturated heterocycles. The molecule has 3 aromatic heterocycles. The van der Waals surface area contributed by atoms with Crippen LogP contribution < -0.4 is 0 Å². The lowest BCUT2D eigenvalue weighted by atomic mass is 10.3. The quantitative estimate of drug-likeness (QED) is 0.703. The van der Waals surface area contributed by atoms with E-state index in [2.05, 4.69) is 55.1 Å². The Kier molecular flexibility index (Phi) is 2.53.